The molecule has 19 heavy (non-hydrogen) atoms. The van der Waals surface area contributed by atoms with Crippen molar-refractivity contribution in [1.82, 2.24) is 10.2 Å². The molecule has 1 atom stereocenters. The molecule has 1 N–H and O–H groups in total. The number of nitrogens with zero attached hydrogens (tertiary/aromatic N) is 1. The maximum atomic E-state index is 6.22. The smallest absolute Gasteiger partial charge is 0.179 e. The second-order valence-corrected chi connectivity index (χ2v) is 5.31. The molecule has 0 amide bonds. The van der Waals surface area contributed by atoms with Crippen LogP contribution in [0.4, 0.5) is 0 Å². The molecule has 0 spiro atoms. The molecule has 0 saturated carbocycles. The lowest BCUT2D eigenvalue weighted by Crippen LogP contribution is -2.48. The van der Waals surface area contributed by atoms with E-state index in [1.54, 1.807) is 14.2 Å². The molecule has 1 saturated heterocycles. The van der Waals surface area contributed by atoms with Crippen LogP contribution in [0.2, 0.25) is 5.02 Å². The van der Waals surface area contributed by atoms with Crippen molar-refractivity contribution in [2.45, 2.75) is 19.5 Å². The number of piperazine rings is 1. The van der Waals surface area contributed by atoms with Gasteiger partial charge in [0.05, 0.1) is 19.2 Å². The zero-order chi connectivity index (χ0) is 13.8. The molecule has 5 heteroatoms. The van der Waals surface area contributed by atoms with E-state index < -0.39 is 0 Å². The standard InChI is InChI=1S/C14H21ClN2O2/c1-10-8-17(5-4-16-10)9-11-6-12(15)14(19-3)13(7-11)18-2/h6-7,10,16H,4-5,8-9H2,1-3H3/t10-/m1/s1. The lowest BCUT2D eigenvalue weighted by Gasteiger charge is -2.32. The summed E-state index contributed by atoms with van der Waals surface area (Å²) in [5.41, 5.74) is 1.15. The first-order chi connectivity index (χ1) is 9.13. The van der Waals surface area contributed by atoms with E-state index in [1.807, 2.05) is 12.1 Å². The van der Waals surface area contributed by atoms with Crippen LogP contribution in [0.5, 0.6) is 11.5 Å². The van der Waals surface area contributed by atoms with E-state index in [4.69, 9.17) is 21.1 Å². The van der Waals surface area contributed by atoms with Crippen LogP contribution in [0, 0.1) is 0 Å². The summed E-state index contributed by atoms with van der Waals surface area (Å²) in [4.78, 5) is 2.42. The third-order valence-corrected chi connectivity index (χ3v) is 3.63. The maximum Gasteiger partial charge on any atom is 0.179 e. The molecule has 0 aliphatic carbocycles. The van der Waals surface area contributed by atoms with Gasteiger partial charge in [0.2, 0.25) is 0 Å². The van der Waals surface area contributed by atoms with E-state index in [0.717, 1.165) is 31.7 Å². The molecule has 1 fully saturated rings. The Morgan fingerprint density at radius 3 is 2.79 bits per heavy atom. The van der Waals surface area contributed by atoms with E-state index in [9.17, 15) is 0 Å². The van der Waals surface area contributed by atoms with Crippen LogP contribution in [-0.2, 0) is 6.54 Å². The first kappa shape index (κ1) is 14.4. The number of nitrogens with one attached hydrogen (secondary N) is 1. The molecular weight excluding hydrogens is 264 g/mol. The lowest BCUT2D eigenvalue weighted by molar-refractivity contribution is 0.199. The average Bonchev–Trinajstić information content (AvgIpc) is 2.38. The normalized spacial score (nSPS) is 20.3. The predicted octanol–water partition coefficient (Wildman–Crippen LogP) is 2.15. The first-order valence-electron chi connectivity index (χ1n) is 6.50. The summed E-state index contributed by atoms with van der Waals surface area (Å²) in [5, 5.41) is 4.03. The van der Waals surface area contributed by atoms with Crippen molar-refractivity contribution in [1.29, 1.82) is 0 Å². The molecule has 0 bridgehead atoms. The van der Waals surface area contributed by atoms with Gasteiger partial charge in [0, 0.05) is 32.2 Å². The number of ether oxygens (including phenoxy) is 2. The fraction of sp³-hybridized carbons (Fsp3) is 0.571. The fourth-order valence-electron chi connectivity index (χ4n) is 2.48. The molecule has 0 radical (unpaired) electrons. The Balaban J connectivity index is 2.14. The highest BCUT2D eigenvalue weighted by atomic mass is 35.5. The van der Waals surface area contributed by atoms with Gasteiger partial charge in [-0.05, 0) is 24.6 Å². The van der Waals surface area contributed by atoms with E-state index in [-0.39, 0.29) is 0 Å². The molecule has 0 aromatic heterocycles. The first-order valence-corrected chi connectivity index (χ1v) is 6.88. The molecule has 106 valence electrons. The number of benzene rings is 1. The van der Waals surface area contributed by atoms with Crippen molar-refractivity contribution in [2.75, 3.05) is 33.9 Å². The van der Waals surface area contributed by atoms with E-state index in [0.29, 0.717) is 22.6 Å². The SMILES string of the molecule is COc1cc(CN2CCN[C@H](C)C2)cc(Cl)c1OC. The molecule has 1 aliphatic rings. The molecule has 1 aromatic rings. The van der Waals surface area contributed by atoms with Crippen molar-refractivity contribution in [3.05, 3.63) is 22.7 Å². The molecule has 1 aliphatic heterocycles. The monoisotopic (exact) mass is 284 g/mol. The summed E-state index contributed by atoms with van der Waals surface area (Å²) >= 11 is 6.22. The van der Waals surface area contributed by atoms with Crippen LogP contribution >= 0.6 is 11.6 Å². The van der Waals surface area contributed by atoms with Crippen LogP contribution < -0.4 is 14.8 Å². The Bertz CT molecular complexity index is 440. The number of methoxy groups -OCH3 is 2. The molecule has 1 heterocycles. The summed E-state index contributed by atoms with van der Waals surface area (Å²) in [6.07, 6.45) is 0. The zero-order valence-corrected chi connectivity index (χ0v) is 12.5. The van der Waals surface area contributed by atoms with Crippen molar-refractivity contribution < 1.29 is 9.47 Å². The molecule has 1 aromatic carbocycles. The predicted molar refractivity (Wildman–Crippen MR) is 77.3 cm³/mol. The Morgan fingerprint density at radius 1 is 1.37 bits per heavy atom. The highest BCUT2D eigenvalue weighted by Crippen LogP contribution is 2.36. The van der Waals surface area contributed by atoms with Gasteiger partial charge < -0.3 is 14.8 Å². The Morgan fingerprint density at radius 2 is 2.16 bits per heavy atom. The largest absolute Gasteiger partial charge is 0.493 e. The van der Waals surface area contributed by atoms with Gasteiger partial charge in [-0.1, -0.05) is 11.6 Å². The highest BCUT2D eigenvalue weighted by molar-refractivity contribution is 6.32. The van der Waals surface area contributed by atoms with Gasteiger partial charge in [-0.3, -0.25) is 4.90 Å². The maximum absolute atomic E-state index is 6.22. The van der Waals surface area contributed by atoms with Crippen LogP contribution in [0.1, 0.15) is 12.5 Å². The van der Waals surface area contributed by atoms with Gasteiger partial charge in [-0.15, -0.1) is 0 Å². The van der Waals surface area contributed by atoms with Gasteiger partial charge in [-0.25, -0.2) is 0 Å². The second kappa shape index (κ2) is 6.46. The average molecular weight is 285 g/mol. The van der Waals surface area contributed by atoms with Gasteiger partial charge in [0.25, 0.3) is 0 Å². The molecule has 0 unspecified atom stereocenters. The van der Waals surface area contributed by atoms with Gasteiger partial charge in [-0.2, -0.15) is 0 Å². The fourth-order valence-corrected chi connectivity index (χ4v) is 2.79. The quantitative estimate of drug-likeness (QED) is 0.919. The second-order valence-electron chi connectivity index (χ2n) is 4.90. The van der Waals surface area contributed by atoms with E-state index in [2.05, 4.69) is 17.1 Å². The lowest BCUT2D eigenvalue weighted by atomic mass is 10.1. The van der Waals surface area contributed by atoms with Crippen LogP contribution in [-0.4, -0.2) is 44.8 Å². The van der Waals surface area contributed by atoms with Crippen molar-refractivity contribution in [2.24, 2.45) is 0 Å². The summed E-state index contributed by atoms with van der Waals surface area (Å²) in [7, 11) is 3.23. The van der Waals surface area contributed by atoms with Crippen molar-refractivity contribution >= 4 is 11.6 Å². The van der Waals surface area contributed by atoms with Crippen LogP contribution in [0.25, 0.3) is 0 Å². The van der Waals surface area contributed by atoms with Crippen molar-refractivity contribution in [3.8, 4) is 11.5 Å². The number of hydrogen-bond acceptors (Lipinski definition) is 4. The summed E-state index contributed by atoms with van der Waals surface area (Å²) < 4.78 is 10.6. The van der Waals surface area contributed by atoms with Gasteiger partial charge in [0.15, 0.2) is 11.5 Å². The minimum Gasteiger partial charge on any atom is -0.493 e. The Hall–Kier alpha value is -0.970. The van der Waals surface area contributed by atoms with Crippen LogP contribution in [0.15, 0.2) is 12.1 Å². The summed E-state index contributed by atoms with van der Waals surface area (Å²) in [6, 6.07) is 4.48. The van der Waals surface area contributed by atoms with E-state index >= 15 is 0 Å². The minimum absolute atomic E-state index is 0.532. The minimum atomic E-state index is 0.532. The summed E-state index contributed by atoms with van der Waals surface area (Å²) in [5.74, 6) is 1.29. The number of halogens is 1. The van der Waals surface area contributed by atoms with E-state index in [1.165, 1.54) is 0 Å². The number of rotatable bonds is 4. The topological polar surface area (TPSA) is 33.7 Å². The Labute approximate surface area is 119 Å². The van der Waals surface area contributed by atoms with Crippen molar-refractivity contribution in [3.63, 3.8) is 0 Å². The van der Waals surface area contributed by atoms with Crippen LogP contribution in [0.3, 0.4) is 0 Å². The number of hydrogen-bond donors (Lipinski definition) is 1. The van der Waals surface area contributed by atoms with Gasteiger partial charge >= 0.3 is 0 Å². The highest BCUT2D eigenvalue weighted by Gasteiger charge is 2.17. The Kier molecular flexibility index (Phi) is 4.91. The van der Waals surface area contributed by atoms with Gasteiger partial charge in [0.1, 0.15) is 0 Å². The molecular formula is C14H21ClN2O2. The third kappa shape index (κ3) is 3.53. The zero-order valence-electron chi connectivity index (χ0n) is 11.7. The third-order valence-electron chi connectivity index (χ3n) is 3.35. The molecule has 2 rings (SSSR count). The molecule has 4 nitrogen and oxygen atoms in total. The summed E-state index contributed by atoms with van der Waals surface area (Å²) in [6.45, 7) is 6.21.